The highest BCUT2D eigenvalue weighted by atomic mass is 14.9. The highest BCUT2D eigenvalue weighted by molar-refractivity contribution is 6.23. The first-order chi connectivity index (χ1) is 17.8. The van der Waals surface area contributed by atoms with Crippen LogP contribution in [-0.4, -0.2) is 15.0 Å². The van der Waals surface area contributed by atoms with Crippen LogP contribution in [0.4, 0.5) is 5.69 Å². The van der Waals surface area contributed by atoms with Crippen LogP contribution in [-0.2, 0) is 0 Å². The number of allylic oxidation sites excluding steroid dienone is 1. The summed E-state index contributed by atoms with van der Waals surface area (Å²) < 4.78 is 0. The Balaban J connectivity index is 1.53. The van der Waals surface area contributed by atoms with Crippen LogP contribution in [0.3, 0.4) is 0 Å². The van der Waals surface area contributed by atoms with Crippen LogP contribution in [0.1, 0.15) is 45.0 Å². The van der Waals surface area contributed by atoms with E-state index in [1.54, 1.807) is 0 Å². The summed E-state index contributed by atoms with van der Waals surface area (Å²) in [5.74, 6) is 1.70. The van der Waals surface area contributed by atoms with Crippen LogP contribution in [0.15, 0.2) is 79.3 Å². The number of hydrogen-bond acceptors (Lipinski definition) is 3. The zero-order valence-electron chi connectivity index (χ0n) is 22.1. The lowest BCUT2D eigenvalue weighted by atomic mass is 9.94. The van der Waals surface area contributed by atoms with Gasteiger partial charge in [0.15, 0.2) is 0 Å². The minimum Gasteiger partial charge on any atom is -0.358 e. The van der Waals surface area contributed by atoms with Crippen molar-refractivity contribution in [1.82, 2.24) is 15.0 Å². The Morgan fingerprint density at radius 1 is 0.838 bits per heavy atom. The maximum atomic E-state index is 4.94. The zero-order chi connectivity index (χ0) is 25.8. The zero-order valence-corrected chi connectivity index (χ0v) is 22.1. The molecule has 0 saturated heterocycles. The third-order valence-electron chi connectivity index (χ3n) is 7.47. The quantitative estimate of drug-likeness (QED) is 0.240. The number of aromatic amines is 1. The molecule has 2 aromatic heterocycles. The van der Waals surface area contributed by atoms with Crippen molar-refractivity contribution in [3.05, 3.63) is 90.7 Å². The number of pyridine rings is 1. The van der Waals surface area contributed by atoms with E-state index in [-0.39, 0.29) is 0 Å². The highest BCUT2D eigenvalue weighted by Crippen LogP contribution is 2.38. The summed E-state index contributed by atoms with van der Waals surface area (Å²) in [6, 6.07) is 20.0. The van der Waals surface area contributed by atoms with Gasteiger partial charge in [-0.1, -0.05) is 70.7 Å². The molecule has 184 valence electrons. The van der Waals surface area contributed by atoms with E-state index >= 15 is 0 Å². The normalized spacial score (nSPS) is 12.0. The van der Waals surface area contributed by atoms with Crippen molar-refractivity contribution >= 4 is 49.0 Å². The molecule has 0 atom stereocenters. The van der Waals surface area contributed by atoms with Gasteiger partial charge in [-0.3, -0.25) is 4.98 Å². The predicted octanol–water partition coefficient (Wildman–Crippen LogP) is 9.10. The topological polar surface area (TPSA) is 53.6 Å². The summed E-state index contributed by atoms with van der Waals surface area (Å²) in [5.41, 5.74) is 7.86. The number of benzene rings is 4. The summed E-state index contributed by atoms with van der Waals surface area (Å²) in [4.78, 5) is 13.0. The summed E-state index contributed by atoms with van der Waals surface area (Å²) in [6.45, 7) is 15.0. The van der Waals surface area contributed by atoms with Gasteiger partial charge in [0.05, 0.1) is 11.0 Å². The lowest BCUT2D eigenvalue weighted by molar-refractivity contribution is 0.778. The number of fused-ring (bicyclic) bond motifs is 7. The molecule has 4 nitrogen and oxygen atoms in total. The van der Waals surface area contributed by atoms with Gasteiger partial charge in [0.1, 0.15) is 5.82 Å². The van der Waals surface area contributed by atoms with E-state index in [1.165, 1.54) is 43.6 Å². The number of hydrogen-bond donors (Lipinski definition) is 2. The minimum atomic E-state index is 0.326. The molecule has 0 unspecified atom stereocenters. The molecule has 4 aromatic carbocycles. The fourth-order valence-corrected chi connectivity index (χ4v) is 5.13. The molecule has 0 amide bonds. The maximum absolute atomic E-state index is 4.94. The van der Waals surface area contributed by atoms with Gasteiger partial charge >= 0.3 is 0 Å². The number of nitrogens with zero attached hydrogens (tertiary/aromatic N) is 2. The molecular weight excluding hydrogens is 452 g/mol. The predicted molar refractivity (Wildman–Crippen MR) is 158 cm³/mol. The van der Waals surface area contributed by atoms with Crippen LogP contribution in [0.5, 0.6) is 0 Å². The van der Waals surface area contributed by atoms with Gasteiger partial charge in [-0.15, -0.1) is 0 Å². The van der Waals surface area contributed by atoms with Gasteiger partial charge in [-0.25, -0.2) is 4.98 Å². The van der Waals surface area contributed by atoms with Crippen molar-refractivity contribution < 1.29 is 0 Å². The lowest BCUT2D eigenvalue weighted by Gasteiger charge is -2.18. The van der Waals surface area contributed by atoms with Crippen LogP contribution in [0.2, 0.25) is 0 Å². The number of H-pyrrole nitrogens is 1. The molecule has 6 aromatic rings. The van der Waals surface area contributed by atoms with Crippen LogP contribution in [0, 0.1) is 12.8 Å². The van der Waals surface area contributed by atoms with Gasteiger partial charge in [0.25, 0.3) is 0 Å². The van der Waals surface area contributed by atoms with E-state index in [0.717, 1.165) is 33.6 Å². The van der Waals surface area contributed by atoms with Crippen molar-refractivity contribution in [3.8, 4) is 11.1 Å². The summed E-state index contributed by atoms with van der Waals surface area (Å²) in [7, 11) is 0. The molecule has 0 saturated carbocycles. The number of nitrogens with one attached hydrogen (secondary N) is 2. The molecular formula is C33H32N4. The monoisotopic (exact) mass is 484 g/mol. The van der Waals surface area contributed by atoms with Crippen molar-refractivity contribution in [2.45, 2.75) is 40.5 Å². The van der Waals surface area contributed by atoms with Crippen LogP contribution in [0.25, 0.3) is 54.5 Å². The molecule has 0 aliphatic carbocycles. The number of anilines is 1. The lowest BCUT2D eigenvalue weighted by Crippen LogP contribution is -2.06. The molecule has 0 spiro atoms. The Morgan fingerprint density at radius 3 is 2.35 bits per heavy atom. The first kappa shape index (κ1) is 23.2. The average molecular weight is 485 g/mol. The SMILES string of the molecule is C=C(Nc1c(C)ccc2cc(-c3ccc4c(c3)c3ccncc3c3nc(C(C)C)[nH]c43)ccc12)C(C)C. The third-order valence-corrected chi connectivity index (χ3v) is 7.47. The molecule has 2 N–H and O–H groups in total. The second-order valence-electron chi connectivity index (χ2n) is 10.7. The van der Waals surface area contributed by atoms with E-state index in [2.05, 4.69) is 111 Å². The first-order valence-electron chi connectivity index (χ1n) is 13.0. The van der Waals surface area contributed by atoms with Gasteiger partial charge in [0, 0.05) is 45.9 Å². The average Bonchev–Trinajstić information content (AvgIpc) is 3.36. The Kier molecular flexibility index (Phi) is 5.49. The summed E-state index contributed by atoms with van der Waals surface area (Å²) in [6.07, 6.45) is 3.81. The largest absolute Gasteiger partial charge is 0.358 e. The van der Waals surface area contributed by atoms with E-state index in [0.29, 0.717) is 11.8 Å². The fourth-order valence-electron chi connectivity index (χ4n) is 5.13. The Hall–Kier alpha value is -4.18. The Labute approximate surface area is 217 Å². The fraction of sp³-hybridized carbons (Fsp3) is 0.212. The molecule has 0 radical (unpaired) electrons. The maximum Gasteiger partial charge on any atom is 0.109 e. The molecule has 4 heteroatoms. The van der Waals surface area contributed by atoms with Crippen molar-refractivity contribution in [3.63, 3.8) is 0 Å². The summed E-state index contributed by atoms with van der Waals surface area (Å²) >= 11 is 0. The standard InChI is InChI=1S/C33H32N4/c1-18(2)21(6)35-30-20(5)7-8-24-15-22(9-11-25(24)30)23-10-12-27-28(16-23)26-13-14-34-17-29(26)32-31(27)36-33(37-32)19(3)4/h7-19,35H,6H2,1-5H3,(H,36,37). The molecule has 2 heterocycles. The molecule has 0 bridgehead atoms. The van der Waals surface area contributed by atoms with Crippen LogP contribution >= 0.6 is 0 Å². The molecule has 6 rings (SSSR count). The second-order valence-corrected chi connectivity index (χ2v) is 10.7. The molecule has 0 aliphatic rings. The second kappa shape index (κ2) is 8.74. The first-order valence-corrected chi connectivity index (χ1v) is 13.0. The van der Waals surface area contributed by atoms with E-state index in [4.69, 9.17) is 4.98 Å². The summed E-state index contributed by atoms with van der Waals surface area (Å²) in [5, 5.41) is 10.7. The molecule has 37 heavy (non-hydrogen) atoms. The highest BCUT2D eigenvalue weighted by Gasteiger charge is 2.16. The molecule has 0 fully saturated rings. The molecule has 0 aliphatic heterocycles. The van der Waals surface area contributed by atoms with Gasteiger partial charge in [-0.05, 0) is 63.9 Å². The van der Waals surface area contributed by atoms with Crippen molar-refractivity contribution in [2.24, 2.45) is 5.92 Å². The Morgan fingerprint density at radius 2 is 1.59 bits per heavy atom. The number of aromatic nitrogens is 3. The number of imidazole rings is 1. The minimum absolute atomic E-state index is 0.326. The van der Waals surface area contributed by atoms with Crippen molar-refractivity contribution in [1.29, 1.82) is 0 Å². The van der Waals surface area contributed by atoms with E-state index < -0.39 is 0 Å². The van der Waals surface area contributed by atoms with Gasteiger partial charge in [-0.2, -0.15) is 0 Å². The van der Waals surface area contributed by atoms with Gasteiger partial charge < -0.3 is 10.3 Å². The number of aryl methyl sites for hydroxylation is 1. The van der Waals surface area contributed by atoms with E-state index in [9.17, 15) is 0 Å². The van der Waals surface area contributed by atoms with E-state index in [1.807, 2.05) is 12.4 Å². The van der Waals surface area contributed by atoms with Crippen LogP contribution < -0.4 is 5.32 Å². The smallest absolute Gasteiger partial charge is 0.109 e. The van der Waals surface area contributed by atoms with Crippen molar-refractivity contribution in [2.75, 3.05) is 5.32 Å². The number of rotatable bonds is 5. The van der Waals surface area contributed by atoms with Gasteiger partial charge in [0.2, 0.25) is 0 Å². The Bertz CT molecular complexity index is 1840. The third kappa shape index (κ3) is 3.84.